The highest BCUT2D eigenvalue weighted by atomic mass is 16.2. The first-order chi connectivity index (χ1) is 8.65. The van der Waals surface area contributed by atoms with E-state index in [-0.39, 0.29) is 11.9 Å². The van der Waals surface area contributed by atoms with E-state index in [1.165, 1.54) is 44.9 Å². The Hall–Kier alpha value is -0.570. The number of carbonyl (C=O) groups is 1. The molecule has 5 atom stereocenters. The predicted octanol–water partition coefficient (Wildman–Crippen LogP) is 2.15. The van der Waals surface area contributed by atoms with Crippen LogP contribution in [0.25, 0.3) is 0 Å². The molecule has 102 valence electrons. The number of hydrogen-bond acceptors (Lipinski definition) is 2. The Morgan fingerprint density at radius 3 is 2.78 bits per heavy atom. The maximum absolute atomic E-state index is 12.1. The van der Waals surface area contributed by atoms with Gasteiger partial charge >= 0.3 is 0 Å². The summed E-state index contributed by atoms with van der Waals surface area (Å²) in [4.78, 5) is 14.2. The topological polar surface area (TPSA) is 46.3 Å². The average Bonchev–Trinajstić information content (AvgIpc) is 3.03. The molecule has 3 fully saturated rings. The standard InChI is InChI=1S/C15H26N2O/c1-10(16)15(18)17-6-2-3-14(17)9-13-8-11-4-5-12(13)7-11/h10-14H,2-9,16H2,1H3/t10-,11?,12?,13?,14?/m1/s1. The molecule has 2 aliphatic carbocycles. The van der Waals surface area contributed by atoms with E-state index in [1.807, 2.05) is 6.92 Å². The predicted molar refractivity (Wildman–Crippen MR) is 71.9 cm³/mol. The number of nitrogens with zero attached hydrogens (tertiary/aromatic N) is 1. The van der Waals surface area contributed by atoms with E-state index >= 15 is 0 Å². The van der Waals surface area contributed by atoms with E-state index in [9.17, 15) is 4.79 Å². The Balaban J connectivity index is 1.60. The highest BCUT2D eigenvalue weighted by molar-refractivity contribution is 5.81. The van der Waals surface area contributed by atoms with Gasteiger partial charge in [0, 0.05) is 12.6 Å². The lowest BCUT2D eigenvalue weighted by Gasteiger charge is -2.31. The molecule has 0 radical (unpaired) electrons. The fourth-order valence-corrected chi connectivity index (χ4v) is 4.65. The van der Waals surface area contributed by atoms with Gasteiger partial charge in [0.05, 0.1) is 6.04 Å². The molecule has 1 saturated heterocycles. The van der Waals surface area contributed by atoms with Gasteiger partial charge in [0.25, 0.3) is 0 Å². The summed E-state index contributed by atoms with van der Waals surface area (Å²) in [6.45, 7) is 2.75. The minimum absolute atomic E-state index is 0.167. The quantitative estimate of drug-likeness (QED) is 0.834. The minimum atomic E-state index is -0.328. The van der Waals surface area contributed by atoms with Crippen molar-refractivity contribution in [3.63, 3.8) is 0 Å². The Kier molecular flexibility index (Phi) is 3.35. The van der Waals surface area contributed by atoms with E-state index in [1.54, 1.807) is 0 Å². The van der Waals surface area contributed by atoms with Crippen LogP contribution in [-0.4, -0.2) is 29.4 Å². The Bertz CT molecular complexity index is 328. The van der Waals surface area contributed by atoms with Crippen molar-refractivity contribution >= 4 is 5.91 Å². The molecule has 2 saturated carbocycles. The molecule has 1 heterocycles. The van der Waals surface area contributed by atoms with Crippen LogP contribution in [0.4, 0.5) is 0 Å². The highest BCUT2D eigenvalue weighted by Gasteiger charge is 2.42. The van der Waals surface area contributed by atoms with Crippen molar-refractivity contribution in [2.45, 2.75) is 64.0 Å². The maximum Gasteiger partial charge on any atom is 0.239 e. The zero-order chi connectivity index (χ0) is 12.7. The molecule has 2 bridgehead atoms. The summed E-state index contributed by atoms with van der Waals surface area (Å²) in [5, 5.41) is 0. The molecule has 0 aromatic rings. The molecule has 0 aromatic heterocycles. The molecule has 3 rings (SSSR count). The van der Waals surface area contributed by atoms with E-state index in [0.717, 1.165) is 24.3 Å². The zero-order valence-corrected chi connectivity index (χ0v) is 11.5. The number of carbonyl (C=O) groups excluding carboxylic acids is 1. The fourth-order valence-electron chi connectivity index (χ4n) is 4.65. The Morgan fingerprint density at radius 1 is 1.33 bits per heavy atom. The molecule has 1 amide bonds. The molecule has 3 heteroatoms. The van der Waals surface area contributed by atoms with Crippen molar-refractivity contribution in [2.75, 3.05) is 6.54 Å². The lowest BCUT2D eigenvalue weighted by molar-refractivity contribution is -0.133. The number of hydrogen-bond donors (Lipinski definition) is 1. The molecule has 0 aromatic carbocycles. The lowest BCUT2D eigenvalue weighted by atomic mass is 9.83. The summed E-state index contributed by atoms with van der Waals surface area (Å²) < 4.78 is 0. The van der Waals surface area contributed by atoms with Crippen LogP contribution in [-0.2, 0) is 4.79 Å². The third kappa shape index (κ3) is 2.18. The van der Waals surface area contributed by atoms with Gasteiger partial charge in [0.1, 0.15) is 0 Å². The van der Waals surface area contributed by atoms with Crippen LogP contribution >= 0.6 is 0 Å². The average molecular weight is 250 g/mol. The molecule has 2 N–H and O–H groups in total. The fraction of sp³-hybridized carbons (Fsp3) is 0.933. The van der Waals surface area contributed by atoms with Crippen LogP contribution < -0.4 is 5.73 Å². The zero-order valence-electron chi connectivity index (χ0n) is 11.5. The third-order valence-corrected chi connectivity index (χ3v) is 5.51. The van der Waals surface area contributed by atoms with Gasteiger partial charge in [-0.15, -0.1) is 0 Å². The van der Waals surface area contributed by atoms with Gasteiger partial charge in [-0.2, -0.15) is 0 Å². The molecule has 3 nitrogen and oxygen atoms in total. The highest BCUT2D eigenvalue weighted by Crippen LogP contribution is 2.50. The summed E-state index contributed by atoms with van der Waals surface area (Å²) in [6.07, 6.45) is 9.44. The van der Waals surface area contributed by atoms with Crippen LogP contribution in [0.15, 0.2) is 0 Å². The van der Waals surface area contributed by atoms with Gasteiger partial charge in [-0.05, 0) is 63.2 Å². The van der Waals surface area contributed by atoms with Crippen molar-refractivity contribution in [2.24, 2.45) is 23.5 Å². The smallest absolute Gasteiger partial charge is 0.239 e. The van der Waals surface area contributed by atoms with Gasteiger partial charge in [0.15, 0.2) is 0 Å². The van der Waals surface area contributed by atoms with Gasteiger partial charge in [-0.3, -0.25) is 4.79 Å². The molecule has 3 aliphatic rings. The summed E-state index contributed by atoms with van der Waals surface area (Å²) in [7, 11) is 0. The number of rotatable bonds is 3. The molecular weight excluding hydrogens is 224 g/mol. The summed E-state index contributed by atoms with van der Waals surface area (Å²) in [5.41, 5.74) is 5.76. The minimum Gasteiger partial charge on any atom is -0.338 e. The molecule has 4 unspecified atom stereocenters. The normalized spacial score (nSPS) is 40.4. The number of likely N-dealkylation sites (tertiary alicyclic amines) is 1. The van der Waals surface area contributed by atoms with Crippen LogP contribution in [0.1, 0.15) is 51.9 Å². The largest absolute Gasteiger partial charge is 0.338 e. The van der Waals surface area contributed by atoms with Gasteiger partial charge < -0.3 is 10.6 Å². The first-order valence-corrected chi connectivity index (χ1v) is 7.71. The van der Waals surface area contributed by atoms with Crippen molar-refractivity contribution in [1.29, 1.82) is 0 Å². The second-order valence-electron chi connectivity index (χ2n) is 6.79. The molecule has 1 aliphatic heterocycles. The Labute approximate surface area is 110 Å². The van der Waals surface area contributed by atoms with Crippen LogP contribution in [0.2, 0.25) is 0 Å². The monoisotopic (exact) mass is 250 g/mol. The van der Waals surface area contributed by atoms with Crippen molar-refractivity contribution in [1.82, 2.24) is 4.90 Å². The van der Waals surface area contributed by atoms with Gasteiger partial charge in [-0.25, -0.2) is 0 Å². The number of nitrogens with two attached hydrogens (primary N) is 1. The molecule has 0 spiro atoms. The number of fused-ring (bicyclic) bond motifs is 2. The molecule has 18 heavy (non-hydrogen) atoms. The Morgan fingerprint density at radius 2 is 2.17 bits per heavy atom. The van der Waals surface area contributed by atoms with E-state index in [0.29, 0.717) is 6.04 Å². The molecular formula is C15H26N2O. The van der Waals surface area contributed by atoms with E-state index in [2.05, 4.69) is 4.90 Å². The maximum atomic E-state index is 12.1. The SMILES string of the molecule is C[C@@H](N)C(=O)N1CCCC1CC1CC2CCC1C2. The summed E-state index contributed by atoms with van der Waals surface area (Å²) >= 11 is 0. The first kappa shape index (κ1) is 12.5. The summed E-state index contributed by atoms with van der Waals surface area (Å²) in [5.74, 6) is 3.05. The lowest BCUT2D eigenvalue weighted by Crippen LogP contribution is -2.45. The second kappa shape index (κ2) is 4.84. The third-order valence-electron chi connectivity index (χ3n) is 5.51. The van der Waals surface area contributed by atoms with Crippen molar-refractivity contribution < 1.29 is 4.79 Å². The van der Waals surface area contributed by atoms with Crippen LogP contribution in [0, 0.1) is 17.8 Å². The summed E-state index contributed by atoms with van der Waals surface area (Å²) in [6, 6.07) is 0.165. The van der Waals surface area contributed by atoms with Crippen molar-refractivity contribution in [3.8, 4) is 0 Å². The van der Waals surface area contributed by atoms with Gasteiger partial charge in [-0.1, -0.05) is 6.42 Å². The van der Waals surface area contributed by atoms with E-state index < -0.39 is 0 Å². The second-order valence-corrected chi connectivity index (χ2v) is 6.79. The van der Waals surface area contributed by atoms with Crippen LogP contribution in [0.5, 0.6) is 0 Å². The number of amides is 1. The van der Waals surface area contributed by atoms with E-state index in [4.69, 9.17) is 5.73 Å². The van der Waals surface area contributed by atoms with Gasteiger partial charge in [0.2, 0.25) is 5.91 Å². The van der Waals surface area contributed by atoms with Crippen molar-refractivity contribution in [3.05, 3.63) is 0 Å². The van der Waals surface area contributed by atoms with Crippen LogP contribution in [0.3, 0.4) is 0 Å². The first-order valence-electron chi connectivity index (χ1n) is 7.71.